The van der Waals surface area contributed by atoms with Crippen molar-refractivity contribution in [3.05, 3.63) is 17.8 Å². The van der Waals surface area contributed by atoms with Crippen LogP contribution in [0, 0.1) is 0 Å². The van der Waals surface area contributed by atoms with Crippen LogP contribution in [0.2, 0.25) is 0 Å². The molecule has 0 spiro atoms. The summed E-state index contributed by atoms with van der Waals surface area (Å²) in [5, 5.41) is 6.59. The lowest BCUT2D eigenvalue weighted by atomic mass is 10.4. The molecule has 0 fully saturated rings. The van der Waals surface area contributed by atoms with Gasteiger partial charge in [0.2, 0.25) is 5.88 Å². The molecule has 11 heavy (non-hydrogen) atoms. The number of ether oxygens (including phenoxy) is 1. The molecule has 0 bridgehead atoms. The Morgan fingerprint density at radius 3 is 2.45 bits per heavy atom. The average Bonchev–Trinajstić information content (AvgIpc) is 2.05. The second kappa shape index (κ2) is 3.23. The molecule has 1 aromatic heterocycles. The summed E-state index contributed by atoms with van der Waals surface area (Å²) >= 11 is 0. The molecule has 0 saturated carbocycles. The fraction of sp³-hybridized carbons (Fsp3) is 0.333. The molecule has 60 valence electrons. The van der Waals surface area contributed by atoms with Gasteiger partial charge in [-0.3, -0.25) is 0 Å². The molecule has 0 atom stereocenters. The van der Waals surface area contributed by atoms with E-state index in [4.69, 9.17) is 0 Å². The molecule has 0 amide bonds. The summed E-state index contributed by atoms with van der Waals surface area (Å²) < 4.78 is 28.3. The Bertz CT molecular complexity index is 225. The monoisotopic (exact) mass is 160 g/mol. The van der Waals surface area contributed by atoms with Gasteiger partial charge in [0.25, 0.3) is 6.43 Å². The zero-order valence-electron chi connectivity index (χ0n) is 5.79. The van der Waals surface area contributed by atoms with Crippen LogP contribution in [0.3, 0.4) is 0 Å². The molecule has 0 saturated heterocycles. The van der Waals surface area contributed by atoms with Gasteiger partial charge >= 0.3 is 0 Å². The van der Waals surface area contributed by atoms with E-state index in [0.29, 0.717) is 0 Å². The van der Waals surface area contributed by atoms with E-state index >= 15 is 0 Å². The second-order valence-electron chi connectivity index (χ2n) is 1.80. The highest BCUT2D eigenvalue weighted by Gasteiger charge is 2.08. The molecule has 0 N–H and O–H groups in total. The van der Waals surface area contributed by atoms with E-state index in [1.165, 1.54) is 19.2 Å². The summed E-state index contributed by atoms with van der Waals surface area (Å²) in [5.41, 5.74) is -0.342. The predicted molar refractivity (Wildman–Crippen MR) is 33.5 cm³/mol. The summed E-state index contributed by atoms with van der Waals surface area (Å²) in [4.78, 5) is 0. The van der Waals surface area contributed by atoms with Crippen molar-refractivity contribution in [2.45, 2.75) is 6.43 Å². The van der Waals surface area contributed by atoms with Gasteiger partial charge in [-0.05, 0) is 6.07 Å². The van der Waals surface area contributed by atoms with E-state index in [2.05, 4.69) is 14.9 Å². The Kier molecular flexibility index (Phi) is 2.30. The summed E-state index contributed by atoms with van der Waals surface area (Å²) in [5.74, 6) is 0.231. The van der Waals surface area contributed by atoms with Crippen molar-refractivity contribution >= 4 is 0 Å². The van der Waals surface area contributed by atoms with Crippen LogP contribution in [-0.4, -0.2) is 17.3 Å². The van der Waals surface area contributed by atoms with Crippen LogP contribution in [0.4, 0.5) is 8.78 Å². The van der Waals surface area contributed by atoms with E-state index in [1.54, 1.807) is 0 Å². The number of nitrogens with zero attached hydrogens (tertiary/aromatic N) is 2. The Hall–Kier alpha value is -1.26. The molecule has 0 radical (unpaired) electrons. The second-order valence-corrected chi connectivity index (χ2v) is 1.80. The minimum atomic E-state index is -2.58. The van der Waals surface area contributed by atoms with Crippen LogP contribution in [0.15, 0.2) is 12.1 Å². The van der Waals surface area contributed by atoms with E-state index in [0.717, 1.165) is 0 Å². The van der Waals surface area contributed by atoms with Gasteiger partial charge in [0, 0.05) is 6.07 Å². The zero-order chi connectivity index (χ0) is 8.27. The number of halogens is 2. The smallest absolute Gasteiger partial charge is 0.282 e. The summed E-state index contributed by atoms with van der Waals surface area (Å²) in [7, 11) is 1.39. The van der Waals surface area contributed by atoms with E-state index < -0.39 is 6.43 Å². The van der Waals surface area contributed by atoms with Crippen LogP contribution in [0.1, 0.15) is 12.1 Å². The first-order chi connectivity index (χ1) is 5.24. The number of hydrogen-bond donors (Lipinski definition) is 0. The van der Waals surface area contributed by atoms with Gasteiger partial charge in [0.15, 0.2) is 0 Å². The van der Waals surface area contributed by atoms with E-state index in [-0.39, 0.29) is 11.6 Å². The van der Waals surface area contributed by atoms with Gasteiger partial charge in [-0.15, -0.1) is 10.2 Å². The maximum atomic E-state index is 11.9. The maximum Gasteiger partial charge on any atom is 0.282 e. The molecule has 1 aromatic rings. The van der Waals surface area contributed by atoms with Crippen molar-refractivity contribution in [3.8, 4) is 5.88 Å². The predicted octanol–water partition coefficient (Wildman–Crippen LogP) is 1.42. The molecule has 0 aliphatic rings. The third-order valence-corrected chi connectivity index (χ3v) is 1.09. The van der Waals surface area contributed by atoms with Crippen molar-refractivity contribution in [1.82, 2.24) is 10.2 Å². The van der Waals surface area contributed by atoms with Crippen LogP contribution in [-0.2, 0) is 0 Å². The first-order valence-corrected chi connectivity index (χ1v) is 2.90. The van der Waals surface area contributed by atoms with E-state index in [1.807, 2.05) is 0 Å². The lowest BCUT2D eigenvalue weighted by Crippen LogP contribution is -1.95. The Labute approximate surface area is 62.0 Å². The van der Waals surface area contributed by atoms with Gasteiger partial charge in [-0.25, -0.2) is 8.78 Å². The zero-order valence-corrected chi connectivity index (χ0v) is 5.79. The van der Waals surface area contributed by atoms with Crippen molar-refractivity contribution in [2.24, 2.45) is 0 Å². The summed E-state index contributed by atoms with van der Waals surface area (Å²) in [6, 6.07) is 2.52. The van der Waals surface area contributed by atoms with Crippen molar-refractivity contribution in [1.29, 1.82) is 0 Å². The lowest BCUT2D eigenvalue weighted by Gasteiger charge is -1.98. The van der Waals surface area contributed by atoms with Gasteiger partial charge in [0.1, 0.15) is 5.69 Å². The lowest BCUT2D eigenvalue weighted by molar-refractivity contribution is 0.144. The molecule has 1 rings (SSSR count). The van der Waals surface area contributed by atoms with E-state index in [9.17, 15) is 8.78 Å². The van der Waals surface area contributed by atoms with Crippen LogP contribution in [0.5, 0.6) is 5.88 Å². The first kappa shape index (κ1) is 7.84. The average molecular weight is 160 g/mol. The standard InChI is InChI=1S/C6H6F2N2O/c1-11-5-3-2-4(6(7)8)9-10-5/h2-3,6H,1H3. The van der Waals surface area contributed by atoms with Crippen molar-refractivity contribution in [3.63, 3.8) is 0 Å². The fourth-order valence-corrected chi connectivity index (χ4v) is 0.556. The van der Waals surface area contributed by atoms with Crippen molar-refractivity contribution < 1.29 is 13.5 Å². The summed E-state index contributed by atoms with van der Waals surface area (Å²) in [6.07, 6.45) is -2.58. The molecule has 0 aliphatic carbocycles. The van der Waals surface area contributed by atoms with Gasteiger partial charge < -0.3 is 4.74 Å². The molecule has 1 heterocycles. The van der Waals surface area contributed by atoms with Crippen LogP contribution < -0.4 is 4.74 Å². The minimum absolute atomic E-state index is 0.231. The number of methoxy groups -OCH3 is 1. The number of alkyl halides is 2. The molecular weight excluding hydrogens is 154 g/mol. The minimum Gasteiger partial charge on any atom is -0.480 e. The maximum absolute atomic E-state index is 11.9. The summed E-state index contributed by atoms with van der Waals surface area (Å²) in [6.45, 7) is 0. The third kappa shape index (κ3) is 1.83. The van der Waals surface area contributed by atoms with Crippen molar-refractivity contribution in [2.75, 3.05) is 7.11 Å². The molecular formula is C6H6F2N2O. The Balaban J connectivity index is 2.83. The number of hydrogen-bond acceptors (Lipinski definition) is 3. The fourth-order valence-electron chi connectivity index (χ4n) is 0.556. The number of aromatic nitrogens is 2. The van der Waals surface area contributed by atoms with Crippen LogP contribution in [0.25, 0.3) is 0 Å². The first-order valence-electron chi connectivity index (χ1n) is 2.90. The van der Waals surface area contributed by atoms with Crippen LogP contribution >= 0.6 is 0 Å². The normalized spacial score (nSPS) is 10.2. The molecule has 0 aromatic carbocycles. The Morgan fingerprint density at radius 2 is 2.09 bits per heavy atom. The topological polar surface area (TPSA) is 35.0 Å². The quantitative estimate of drug-likeness (QED) is 0.656. The highest BCUT2D eigenvalue weighted by molar-refractivity contribution is 5.11. The van der Waals surface area contributed by atoms with Gasteiger partial charge in [0.05, 0.1) is 7.11 Å². The highest BCUT2D eigenvalue weighted by Crippen LogP contribution is 2.15. The molecule has 0 aliphatic heterocycles. The van der Waals surface area contributed by atoms with Gasteiger partial charge in [-0.2, -0.15) is 0 Å². The highest BCUT2D eigenvalue weighted by atomic mass is 19.3. The SMILES string of the molecule is COc1ccc(C(F)F)nn1. The molecule has 0 unspecified atom stereocenters. The number of rotatable bonds is 2. The van der Waals surface area contributed by atoms with Gasteiger partial charge in [-0.1, -0.05) is 0 Å². The molecule has 3 nitrogen and oxygen atoms in total. The Morgan fingerprint density at radius 1 is 1.36 bits per heavy atom. The molecule has 5 heteroatoms. The third-order valence-electron chi connectivity index (χ3n) is 1.09. The largest absolute Gasteiger partial charge is 0.480 e.